The van der Waals surface area contributed by atoms with Crippen molar-refractivity contribution in [2.24, 2.45) is 0 Å². The average Bonchev–Trinajstić information content (AvgIpc) is 2.78. The molecular weight excluding hydrogens is 428 g/mol. The zero-order valence-electron chi connectivity index (χ0n) is 17.8. The zero-order valence-corrected chi connectivity index (χ0v) is 18.6. The van der Waals surface area contributed by atoms with E-state index in [1.807, 2.05) is 50.3 Å². The molecule has 1 amide bonds. The number of non-ortho nitro benzene ring substituents is 1. The predicted octanol–water partition coefficient (Wildman–Crippen LogP) is 6.40. The van der Waals surface area contributed by atoms with E-state index in [0.29, 0.717) is 24.6 Å². The fourth-order valence-electron chi connectivity index (χ4n) is 3.23. The minimum Gasteiger partial charge on any atom is -0.494 e. The molecule has 7 heteroatoms. The van der Waals surface area contributed by atoms with E-state index in [1.165, 1.54) is 18.2 Å². The number of ether oxygens (including phenoxy) is 1. The summed E-state index contributed by atoms with van der Waals surface area (Å²) in [4.78, 5) is 25.5. The van der Waals surface area contributed by atoms with Crippen molar-refractivity contribution in [3.63, 3.8) is 0 Å². The number of hydrogen-bond acceptors (Lipinski definition) is 4. The lowest BCUT2D eigenvalue weighted by Gasteiger charge is -2.24. The van der Waals surface area contributed by atoms with Crippen LogP contribution in [0.5, 0.6) is 5.75 Å². The molecule has 0 fully saturated rings. The molecule has 0 spiro atoms. The van der Waals surface area contributed by atoms with E-state index >= 15 is 0 Å². The van der Waals surface area contributed by atoms with Crippen molar-refractivity contribution in [3.05, 3.63) is 105 Å². The maximum absolute atomic E-state index is 13.5. The third-order valence-corrected chi connectivity index (χ3v) is 5.03. The fraction of sp³-hybridized carbons (Fsp3) is 0.160. The summed E-state index contributed by atoms with van der Waals surface area (Å²) in [5.74, 6) is 0.350. The van der Waals surface area contributed by atoms with Crippen LogP contribution in [0, 0.1) is 10.1 Å². The molecule has 0 aromatic heterocycles. The molecular formula is C25H23ClN2O4. The molecule has 6 nitrogen and oxygen atoms in total. The molecule has 0 saturated carbocycles. The number of rotatable bonds is 8. The average molecular weight is 451 g/mol. The second kappa shape index (κ2) is 10.6. The Balaban J connectivity index is 1.97. The Hall–Kier alpha value is -3.64. The number of halogens is 1. The molecule has 0 N–H and O–H groups in total. The van der Waals surface area contributed by atoms with Crippen molar-refractivity contribution in [2.45, 2.75) is 13.8 Å². The number of nitro groups is 1. The van der Waals surface area contributed by atoms with Crippen LogP contribution in [-0.4, -0.2) is 24.0 Å². The largest absolute Gasteiger partial charge is 0.494 e. The van der Waals surface area contributed by atoms with Crippen LogP contribution in [0.3, 0.4) is 0 Å². The molecule has 0 saturated heterocycles. The second-order valence-corrected chi connectivity index (χ2v) is 7.55. The van der Waals surface area contributed by atoms with Gasteiger partial charge in [-0.1, -0.05) is 53.6 Å². The smallest absolute Gasteiger partial charge is 0.270 e. The molecule has 3 aromatic rings. The van der Waals surface area contributed by atoms with Crippen LogP contribution in [0.2, 0.25) is 5.02 Å². The second-order valence-electron chi connectivity index (χ2n) is 7.14. The van der Waals surface area contributed by atoms with Gasteiger partial charge in [0, 0.05) is 24.4 Å². The Morgan fingerprint density at radius 2 is 1.78 bits per heavy atom. The first kappa shape index (κ1) is 23.0. The van der Waals surface area contributed by atoms with Gasteiger partial charge in [-0.15, -0.1) is 0 Å². The van der Waals surface area contributed by atoms with Gasteiger partial charge in [-0.05, 0) is 49.7 Å². The van der Waals surface area contributed by atoms with Crippen LogP contribution in [-0.2, 0) is 0 Å². The van der Waals surface area contributed by atoms with Crippen molar-refractivity contribution >= 4 is 35.0 Å². The van der Waals surface area contributed by atoms with Gasteiger partial charge in [0.05, 0.1) is 22.1 Å². The Morgan fingerprint density at radius 3 is 2.38 bits per heavy atom. The summed E-state index contributed by atoms with van der Waals surface area (Å²) in [6.45, 7) is 4.70. The fourth-order valence-corrected chi connectivity index (χ4v) is 3.49. The van der Waals surface area contributed by atoms with Crippen molar-refractivity contribution in [1.29, 1.82) is 0 Å². The van der Waals surface area contributed by atoms with Crippen molar-refractivity contribution < 1.29 is 14.5 Å². The van der Waals surface area contributed by atoms with Crippen LogP contribution in [0.4, 0.5) is 11.4 Å². The lowest BCUT2D eigenvalue weighted by Crippen LogP contribution is -2.32. The van der Waals surface area contributed by atoms with E-state index in [9.17, 15) is 14.9 Å². The van der Waals surface area contributed by atoms with Crippen molar-refractivity contribution in [3.8, 4) is 5.75 Å². The van der Waals surface area contributed by atoms with Gasteiger partial charge < -0.3 is 9.64 Å². The van der Waals surface area contributed by atoms with Crippen LogP contribution < -0.4 is 9.64 Å². The highest BCUT2D eigenvalue weighted by atomic mass is 35.5. The van der Waals surface area contributed by atoms with E-state index in [4.69, 9.17) is 16.3 Å². The molecule has 0 unspecified atom stereocenters. The highest BCUT2D eigenvalue weighted by Gasteiger charge is 2.22. The molecule has 0 bridgehead atoms. The number of nitro benzene ring substituents is 1. The van der Waals surface area contributed by atoms with Crippen molar-refractivity contribution in [2.75, 3.05) is 18.1 Å². The molecule has 0 radical (unpaired) electrons. The van der Waals surface area contributed by atoms with Gasteiger partial charge in [0.2, 0.25) is 0 Å². The monoisotopic (exact) mass is 450 g/mol. The maximum atomic E-state index is 13.5. The molecule has 0 aliphatic heterocycles. The number of hydrogen-bond donors (Lipinski definition) is 0. The first-order valence-electron chi connectivity index (χ1n) is 10.1. The summed E-state index contributed by atoms with van der Waals surface area (Å²) >= 11 is 6.25. The number of carbonyl (C=O) groups excluding carboxylic acids is 1. The molecule has 3 aromatic carbocycles. The van der Waals surface area contributed by atoms with Gasteiger partial charge in [-0.3, -0.25) is 14.9 Å². The number of anilines is 1. The topological polar surface area (TPSA) is 72.7 Å². The first-order valence-corrected chi connectivity index (χ1v) is 10.5. The standard InChI is InChI=1S/C25H23ClN2O4/c1-3-32-22-12-9-20(10-13-22)27(17-18(2)15-19-7-5-4-6-8-19)25(29)23-14-11-21(28(30)31)16-24(23)26/h4-16H,3,17H2,1-2H3/b18-15+. The van der Waals surface area contributed by atoms with Gasteiger partial charge in [-0.2, -0.15) is 0 Å². The van der Waals surface area contributed by atoms with E-state index < -0.39 is 4.92 Å². The third kappa shape index (κ3) is 5.74. The molecule has 32 heavy (non-hydrogen) atoms. The van der Waals surface area contributed by atoms with Crippen molar-refractivity contribution in [1.82, 2.24) is 0 Å². The summed E-state index contributed by atoms with van der Waals surface area (Å²) < 4.78 is 5.50. The molecule has 164 valence electrons. The summed E-state index contributed by atoms with van der Waals surface area (Å²) in [6, 6.07) is 20.9. The highest BCUT2D eigenvalue weighted by Crippen LogP contribution is 2.28. The number of benzene rings is 3. The predicted molar refractivity (Wildman–Crippen MR) is 127 cm³/mol. The summed E-state index contributed by atoms with van der Waals surface area (Å²) in [6.07, 6.45) is 2.01. The summed E-state index contributed by atoms with van der Waals surface area (Å²) in [7, 11) is 0. The zero-order chi connectivity index (χ0) is 23.1. The normalized spacial score (nSPS) is 11.2. The lowest BCUT2D eigenvalue weighted by atomic mass is 10.1. The van der Waals surface area contributed by atoms with Crippen LogP contribution in [0.25, 0.3) is 6.08 Å². The van der Waals surface area contributed by atoms with E-state index in [1.54, 1.807) is 29.2 Å². The molecule has 0 aliphatic rings. The third-order valence-electron chi connectivity index (χ3n) is 4.72. The first-order chi connectivity index (χ1) is 15.4. The number of carbonyl (C=O) groups is 1. The Labute approximate surface area is 191 Å². The highest BCUT2D eigenvalue weighted by molar-refractivity contribution is 6.34. The van der Waals surface area contributed by atoms with E-state index in [2.05, 4.69) is 0 Å². The maximum Gasteiger partial charge on any atom is 0.270 e. The minimum atomic E-state index is -0.545. The van der Waals surface area contributed by atoms with Gasteiger partial charge in [0.25, 0.3) is 11.6 Å². The number of amides is 1. The quantitative estimate of drug-likeness (QED) is 0.294. The Bertz CT molecular complexity index is 1130. The summed E-state index contributed by atoms with van der Waals surface area (Å²) in [5, 5.41) is 11.1. The lowest BCUT2D eigenvalue weighted by molar-refractivity contribution is -0.384. The molecule has 0 heterocycles. The van der Waals surface area contributed by atoms with Gasteiger partial charge in [0.15, 0.2) is 0 Å². The van der Waals surface area contributed by atoms with Gasteiger partial charge in [0.1, 0.15) is 5.75 Å². The molecule has 3 rings (SSSR count). The summed E-state index contributed by atoms with van der Waals surface area (Å²) in [5.41, 5.74) is 2.67. The SMILES string of the molecule is CCOc1ccc(N(C/C(C)=C/c2ccccc2)C(=O)c2ccc([N+](=O)[O-])cc2Cl)cc1. The minimum absolute atomic E-state index is 0.0322. The van der Waals surface area contributed by atoms with Crippen LogP contribution in [0.15, 0.2) is 78.4 Å². The molecule has 0 aliphatic carbocycles. The number of nitrogens with zero attached hydrogens (tertiary/aromatic N) is 2. The van der Waals surface area contributed by atoms with Crippen LogP contribution >= 0.6 is 11.6 Å². The van der Waals surface area contributed by atoms with E-state index in [0.717, 1.165) is 11.1 Å². The Kier molecular flexibility index (Phi) is 7.63. The van der Waals surface area contributed by atoms with Gasteiger partial charge >= 0.3 is 0 Å². The molecule has 0 atom stereocenters. The van der Waals surface area contributed by atoms with E-state index in [-0.39, 0.29) is 22.2 Å². The Morgan fingerprint density at radius 1 is 1.09 bits per heavy atom. The van der Waals surface area contributed by atoms with Crippen LogP contribution in [0.1, 0.15) is 29.8 Å². The van der Waals surface area contributed by atoms with Gasteiger partial charge in [-0.25, -0.2) is 0 Å².